The van der Waals surface area contributed by atoms with Crippen molar-refractivity contribution in [2.24, 2.45) is 0 Å². The molecule has 8 rings (SSSR count). The van der Waals surface area contributed by atoms with Gasteiger partial charge in [-0.15, -0.1) is 11.3 Å². The standard InChI is InChI=1S/C30H35N9O2S/c1-15(20-7-5-11-38(20)2)39-29-18(14-33-39)27(34-19-12-21(19)40)35-28(36-29)24-16-6-3-9-30(25(16)41-37-24)10-4-8-22-23(30)17(13-31)26(32)42-22/h14-15,19-21,40H,3-12,32H2,1-2H3,(H,34,35,36)/t15-,19+,20-,21+,30-/m0/s1. The lowest BCUT2D eigenvalue weighted by atomic mass is 9.63. The van der Waals surface area contributed by atoms with E-state index in [9.17, 15) is 10.4 Å². The Hall–Kier alpha value is -3.53. The molecule has 1 spiro atoms. The number of anilines is 2. The number of nitrogens with one attached hydrogen (secondary N) is 1. The molecule has 1 aliphatic heterocycles. The number of aliphatic hydroxyl groups is 1. The first kappa shape index (κ1) is 26.1. The molecule has 5 heterocycles. The van der Waals surface area contributed by atoms with Gasteiger partial charge < -0.3 is 25.6 Å². The Bertz CT molecular complexity index is 1750. The van der Waals surface area contributed by atoms with Crippen LogP contribution in [0, 0.1) is 11.3 Å². The first-order valence-electron chi connectivity index (χ1n) is 15.1. The van der Waals surface area contributed by atoms with Gasteiger partial charge in [0.1, 0.15) is 16.9 Å². The molecule has 1 saturated carbocycles. The van der Waals surface area contributed by atoms with Crippen LogP contribution in [0.3, 0.4) is 0 Å². The second kappa shape index (κ2) is 9.49. The van der Waals surface area contributed by atoms with Crippen LogP contribution in [0.4, 0.5) is 10.8 Å². The van der Waals surface area contributed by atoms with Gasteiger partial charge in [0.2, 0.25) is 0 Å². The first-order chi connectivity index (χ1) is 20.4. The van der Waals surface area contributed by atoms with E-state index in [1.54, 1.807) is 11.3 Å². The number of nitriles is 1. The number of fused-ring (bicyclic) bond motifs is 5. The molecule has 12 heteroatoms. The number of likely N-dealkylation sites (N-methyl/N-ethyl adjacent to an activating group) is 1. The van der Waals surface area contributed by atoms with Crippen LogP contribution in [0.1, 0.15) is 85.2 Å². The second-order valence-corrected chi connectivity index (χ2v) is 13.7. The van der Waals surface area contributed by atoms with Crippen LogP contribution in [-0.4, -0.2) is 66.7 Å². The number of thiophene rings is 1. The number of hydrogen-bond donors (Lipinski definition) is 3. The van der Waals surface area contributed by atoms with Gasteiger partial charge in [-0.1, -0.05) is 5.16 Å². The highest BCUT2D eigenvalue weighted by atomic mass is 32.1. The number of nitrogen functional groups attached to an aromatic ring is 1. The normalized spacial score (nSPS) is 27.6. The minimum Gasteiger partial charge on any atom is -0.391 e. The van der Waals surface area contributed by atoms with Crippen LogP contribution in [0.25, 0.3) is 22.6 Å². The van der Waals surface area contributed by atoms with Crippen molar-refractivity contribution >= 4 is 33.2 Å². The summed E-state index contributed by atoms with van der Waals surface area (Å²) >= 11 is 1.54. The molecule has 0 radical (unpaired) electrons. The van der Waals surface area contributed by atoms with E-state index in [2.05, 4.69) is 35.4 Å². The fourth-order valence-corrected chi connectivity index (χ4v) is 9.04. The lowest BCUT2D eigenvalue weighted by Crippen LogP contribution is -2.35. The smallest absolute Gasteiger partial charge is 0.186 e. The van der Waals surface area contributed by atoms with Gasteiger partial charge in [-0.05, 0) is 83.9 Å². The zero-order valence-electron chi connectivity index (χ0n) is 23.9. The van der Waals surface area contributed by atoms with Crippen LogP contribution in [-0.2, 0) is 18.3 Å². The number of aliphatic hydroxyl groups excluding tert-OH is 1. The second-order valence-electron chi connectivity index (χ2n) is 12.6. The predicted molar refractivity (Wildman–Crippen MR) is 159 cm³/mol. The highest BCUT2D eigenvalue weighted by Crippen LogP contribution is 2.55. The molecule has 4 aliphatic rings. The molecular weight excluding hydrogens is 550 g/mol. The van der Waals surface area contributed by atoms with Crippen molar-refractivity contribution in [2.45, 2.75) is 94.4 Å². The Morgan fingerprint density at radius 3 is 2.81 bits per heavy atom. The molecule has 4 aromatic heterocycles. The molecule has 2 fully saturated rings. The SMILES string of the molecule is C[C@@H]([C@@H]1CCCN1C)n1ncc2c(N[C@@H]3C[C@H]3O)nc(-c3noc4c3CCC[C@@]43CCCc4sc(N)c(C#N)c43)nc21. The summed E-state index contributed by atoms with van der Waals surface area (Å²) in [7, 11) is 2.18. The number of likely N-dealkylation sites (tertiary alicyclic amines) is 1. The van der Waals surface area contributed by atoms with Crippen LogP contribution in [0.2, 0.25) is 0 Å². The van der Waals surface area contributed by atoms with Gasteiger partial charge in [0, 0.05) is 16.5 Å². The van der Waals surface area contributed by atoms with E-state index >= 15 is 0 Å². The molecule has 4 N–H and O–H groups in total. The minimum absolute atomic E-state index is 0.0405. The van der Waals surface area contributed by atoms with E-state index in [1.807, 2.05) is 10.9 Å². The molecule has 0 aromatic carbocycles. The third-order valence-corrected chi connectivity index (χ3v) is 11.2. The quantitative estimate of drug-likeness (QED) is 0.311. The zero-order chi connectivity index (χ0) is 28.7. The van der Waals surface area contributed by atoms with Crippen LogP contribution in [0.15, 0.2) is 10.7 Å². The summed E-state index contributed by atoms with van der Waals surface area (Å²) < 4.78 is 8.28. The van der Waals surface area contributed by atoms with Crippen molar-refractivity contribution in [2.75, 3.05) is 24.6 Å². The van der Waals surface area contributed by atoms with Gasteiger partial charge in [-0.2, -0.15) is 10.4 Å². The first-order valence-corrected chi connectivity index (χ1v) is 15.9. The summed E-state index contributed by atoms with van der Waals surface area (Å²) in [5.41, 5.74) is 10.0. The lowest BCUT2D eigenvalue weighted by molar-refractivity contribution is 0.232. The molecule has 5 atom stereocenters. The molecule has 0 amide bonds. The van der Waals surface area contributed by atoms with E-state index < -0.39 is 5.41 Å². The van der Waals surface area contributed by atoms with E-state index in [1.165, 1.54) is 11.3 Å². The van der Waals surface area contributed by atoms with E-state index in [-0.39, 0.29) is 18.2 Å². The monoisotopic (exact) mass is 585 g/mol. The van der Waals surface area contributed by atoms with Gasteiger partial charge >= 0.3 is 0 Å². The highest BCUT2D eigenvalue weighted by Gasteiger charge is 2.49. The number of aryl methyl sites for hydroxylation is 1. The summed E-state index contributed by atoms with van der Waals surface area (Å²) in [6, 6.07) is 2.86. The van der Waals surface area contributed by atoms with E-state index in [0.29, 0.717) is 40.4 Å². The van der Waals surface area contributed by atoms with E-state index in [4.69, 9.17) is 25.3 Å². The molecule has 42 heavy (non-hydrogen) atoms. The summed E-state index contributed by atoms with van der Waals surface area (Å²) in [5.74, 6) is 2.00. The molecule has 3 aliphatic carbocycles. The number of aromatic nitrogens is 5. The molecule has 218 valence electrons. The maximum Gasteiger partial charge on any atom is 0.186 e. The number of nitrogens with zero attached hydrogens (tertiary/aromatic N) is 7. The van der Waals surface area contributed by atoms with E-state index in [0.717, 1.165) is 79.4 Å². The number of rotatable bonds is 5. The summed E-state index contributed by atoms with van der Waals surface area (Å²) in [6.07, 6.45) is 9.94. The fourth-order valence-electron chi connectivity index (χ4n) is 7.88. The zero-order valence-corrected chi connectivity index (χ0v) is 24.7. The van der Waals surface area contributed by atoms with Crippen LogP contribution >= 0.6 is 11.3 Å². The molecule has 1 saturated heterocycles. The predicted octanol–water partition coefficient (Wildman–Crippen LogP) is 4.16. The van der Waals surface area contributed by atoms with Crippen molar-refractivity contribution in [3.05, 3.63) is 33.5 Å². The van der Waals surface area contributed by atoms with Crippen molar-refractivity contribution in [1.29, 1.82) is 5.26 Å². The Kier molecular flexibility index (Phi) is 5.90. The summed E-state index contributed by atoms with van der Waals surface area (Å²) in [4.78, 5) is 13.7. The minimum atomic E-state index is -0.405. The largest absolute Gasteiger partial charge is 0.391 e. The fraction of sp³-hybridized carbons (Fsp3) is 0.567. The molecule has 0 bridgehead atoms. The molecular formula is C30H35N9O2S. The average molecular weight is 586 g/mol. The van der Waals surface area contributed by atoms with Crippen molar-refractivity contribution in [1.82, 2.24) is 29.8 Å². The third kappa shape index (κ3) is 3.76. The summed E-state index contributed by atoms with van der Waals surface area (Å²) in [5, 5.41) is 34.5. The Morgan fingerprint density at radius 2 is 2.07 bits per heavy atom. The maximum atomic E-state index is 10.1. The van der Waals surface area contributed by atoms with Gasteiger partial charge in [0.05, 0.1) is 40.7 Å². The van der Waals surface area contributed by atoms with Crippen molar-refractivity contribution < 1.29 is 9.63 Å². The molecule has 4 aromatic rings. The van der Waals surface area contributed by atoms with Gasteiger partial charge in [0.25, 0.3) is 0 Å². The maximum absolute atomic E-state index is 10.1. The van der Waals surface area contributed by atoms with Gasteiger partial charge in [-0.3, -0.25) is 0 Å². The number of nitrogens with two attached hydrogens (primary N) is 1. The van der Waals surface area contributed by atoms with Gasteiger partial charge in [-0.25, -0.2) is 14.6 Å². The average Bonchev–Trinajstić information content (AvgIpc) is 3.47. The summed E-state index contributed by atoms with van der Waals surface area (Å²) in [6.45, 7) is 3.29. The van der Waals surface area contributed by atoms with Gasteiger partial charge in [0.15, 0.2) is 22.9 Å². The van der Waals surface area contributed by atoms with Crippen molar-refractivity contribution in [3.8, 4) is 17.6 Å². The Balaban J connectivity index is 1.27. The van der Waals surface area contributed by atoms with Crippen LogP contribution in [0.5, 0.6) is 0 Å². The van der Waals surface area contributed by atoms with Crippen LogP contribution < -0.4 is 11.1 Å². The molecule has 0 unspecified atom stereocenters. The Labute approximate surface area is 247 Å². The molecule has 11 nitrogen and oxygen atoms in total. The Morgan fingerprint density at radius 1 is 1.26 bits per heavy atom. The number of hydrogen-bond acceptors (Lipinski definition) is 11. The lowest BCUT2D eigenvalue weighted by Gasteiger charge is -2.39. The highest BCUT2D eigenvalue weighted by molar-refractivity contribution is 7.16. The third-order valence-electron chi connectivity index (χ3n) is 10.1. The topological polar surface area (TPSA) is 155 Å². The van der Waals surface area contributed by atoms with Crippen molar-refractivity contribution in [3.63, 3.8) is 0 Å².